The molecule has 0 rings (SSSR count). The number of carbonyl (C=O) groups excluding carboxylic acids is 4. The summed E-state index contributed by atoms with van der Waals surface area (Å²) < 4.78 is 68.5. The summed E-state index contributed by atoms with van der Waals surface area (Å²) in [6, 6.07) is 0. The van der Waals surface area contributed by atoms with Gasteiger partial charge in [0.1, 0.15) is 19.3 Å². The number of hydrogen-bond acceptors (Lipinski definition) is 15. The van der Waals surface area contributed by atoms with Gasteiger partial charge in [0.25, 0.3) is 0 Å². The van der Waals surface area contributed by atoms with E-state index in [0.717, 1.165) is 128 Å². The minimum absolute atomic E-state index is 0.0683. The molecule has 0 radical (unpaired) electrons. The van der Waals surface area contributed by atoms with Gasteiger partial charge in [-0.15, -0.1) is 0 Å². The lowest BCUT2D eigenvalue weighted by Crippen LogP contribution is -2.30. The van der Waals surface area contributed by atoms with E-state index in [1.165, 1.54) is 135 Å². The summed E-state index contributed by atoms with van der Waals surface area (Å²) in [4.78, 5) is 72.9. The van der Waals surface area contributed by atoms with E-state index in [2.05, 4.69) is 101 Å². The molecular formula is C81H144O17P2. The summed E-state index contributed by atoms with van der Waals surface area (Å²) in [6.45, 7) is 4.77. The third kappa shape index (κ3) is 72.6. The summed E-state index contributed by atoms with van der Waals surface area (Å²) in [5.41, 5.74) is 0. The van der Waals surface area contributed by atoms with Gasteiger partial charge in [-0.3, -0.25) is 37.3 Å². The van der Waals surface area contributed by atoms with Gasteiger partial charge in [-0.05, 0) is 122 Å². The molecule has 580 valence electrons. The Labute approximate surface area is 608 Å². The Balaban J connectivity index is 5.40. The maximum absolute atomic E-state index is 13.1. The number of allylic oxidation sites excluding steroid dienone is 14. The Bertz CT molecular complexity index is 2230. The highest BCUT2D eigenvalue weighted by atomic mass is 31.2. The SMILES string of the molecule is CCCCC/C=C\C/C=C\C/C=C\C/C=C\CCCC(=O)OC[C@H](COP(=O)(O)OC[C@H](O)COP(=O)(O)OC[C@@H](COC(=O)CCCCCCCCCCCCCCC)OC(=O)CCCCCCC/C=C\CCCCCCCC)OC(=O)CCCCCCC/C=C\C/C=C\CCCCC. The fourth-order valence-electron chi connectivity index (χ4n) is 10.7. The van der Waals surface area contributed by atoms with Crippen molar-refractivity contribution in [1.82, 2.24) is 0 Å². The standard InChI is InChI=1S/C81H144O17P2/c1-5-9-13-17-21-25-29-33-36-37-40-42-46-50-54-58-62-66-79(84)92-72-77(98-81(86)68-64-60-56-52-48-44-39-35-31-27-23-19-15-11-7-3)74-96-100(89,90)94-70-75(82)69-93-99(87,88)95-73-76(71-91-78(83)65-61-57-53-49-45-41-32-28-24-20-16-12-8-4)97-80(85)67-63-59-55-51-47-43-38-34-30-26-22-18-14-10-6-2/h21,23,25,27,33-36,38-40,42,50,54,75-77,82H,5-20,22,24,26,28-32,37,41,43-49,51-53,55-74H2,1-4H3,(H,87,88)(H,89,90)/b25-21-,27-23-,36-33-,38-34-,39-35-,42-40-,54-50-/t75-,76-,77-/m1/s1. The summed E-state index contributed by atoms with van der Waals surface area (Å²) >= 11 is 0. The van der Waals surface area contributed by atoms with Gasteiger partial charge in [0.2, 0.25) is 0 Å². The number of aliphatic hydroxyl groups is 1. The molecule has 17 nitrogen and oxygen atoms in total. The van der Waals surface area contributed by atoms with Crippen LogP contribution in [0.5, 0.6) is 0 Å². The number of rotatable bonds is 75. The zero-order valence-electron chi connectivity index (χ0n) is 63.4. The number of phosphoric ester groups is 2. The zero-order valence-corrected chi connectivity index (χ0v) is 65.2. The van der Waals surface area contributed by atoms with E-state index in [1.54, 1.807) is 0 Å². The van der Waals surface area contributed by atoms with Crippen molar-refractivity contribution in [2.75, 3.05) is 39.6 Å². The molecule has 0 saturated heterocycles. The topological polar surface area (TPSA) is 237 Å². The van der Waals surface area contributed by atoms with Crippen molar-refractivity contribution in [3.8, 4) is 0 Å². The Morgan fingerprint density at radius 1 is 0.280 bits per heavy atom. The lowest BCUT2D eigenvalue weighted by Gasteiger charge is -2.21. The minimum Gasteiger partial charge on any atom is -0.462 e. The molecule has 0 aliphatic carbocycles. The monoisotopic (exact) mass is 1450 g/mol. The second-order valence-corrected chi connectivity index (χ2v) is 29.6. The highest BCUT2D eigenvalue weighted by Crippen LogP contribution is 2.45. The van der Waals surface area contributed by atoms with Crippen molar-refractivity contribution >= 4 is 39.5 Å². The van der Waals surface area contributed by atoms with Crippen LogP contribution in [0.4, 0.5) is 0 Å². The van der Waals surface area contributed by atoms with Crippen LogP contribution in [0.1, 0.15) is 349 Å². The molecule has 0 heterocycles. The summed E-state index contributed by atoms with van der Waals surface area (Å²) in [5, 5.41) is 10.6. The van der Waals surface area contributed by atoms with Gasteiger partial charge in [-0.25, -0.2) is 9.13 Å². The van der Waals surface area contributed by atoms with Crippen molar-refractivity contribution < 1.29 is 80.2 Å². The molecule has 0 aliphatic rings. The number of carbonyl (C=O) groups is 4. The molecule has 0 aliphatic heterocycles. The predicted molar refractivity (Wildman–Crippen MR) is 409 cm³/mol. The van der Waals surface area contributed by atoms with E-state index in [9.17, 15) is 43.2 Å². The maximum Gasteiger partial charge on any atom is 0.472 e. The van der Waals surface area contributed by atoms with Crippen LogP contribution in [0, 0.1) is 0 Å². The Morgan fingerprint density at radius 2 is 0.500 bits per heavy atom. The minimum atomic E-state index is -4.99. The molecule has 0 aromatic heterocycles. The highest BCUT2D eigenvalue weighted by Gasteiger charge is 2.30. The molecule has 2 unspecified atom stereocenters. The first-order valence-electron chi connectivity index (χ1n) is 39.8. The van der Waals surface area contributed by atoms with E-state index in [1.807, 2.05) is 12.2 Å². The van der Waals surface area contributed by atoms with Crippen LogP contribution >= 0.6 is 15.6 Å². The second kappa shape index (κ2) is 73.5. The molecule has 0 spiro atoms. The molecule has 0 aromatic carbocycles. The highest BCUT2D eigenvalue weighted by molar-refractivity contribution is 7.47. The van der Waals surface area contributed by atoms with Crippen molar-refractivity contribution in [2.45, 2.75) is 367 Å². The van der Waals surface area contributed by atoms with Gasteiger partial charge < -0.3 is 33.8 Å². The Kier molecular flexibility index (Phi) is 70.8. The van der Waals surface area contributed by atoms with Gasteiger partial charge in [-0.1, -0.05) is 286 Å². The van der Waals surface area contributed by atoms with E-state index in [-0.39, 0.29) is 25.7 Å². The third-order valence-corrected chi connectivity index (χ3v) is 18.7. The molecule has 0 fully saturated rings. The number of aliphatic hydroxyl groups excluding tert-OH is 1. The van der Waals surface area contributed by atoms with Gasteiger partial charge in [0, 0.05) is 25.7 Å². The number of unbranched alkanes of at least 4 members (excludes halogenated alkanes) is 35. The largest absolute Gasteiger partial charge is 0.472 e. The average molecular weight is 1450 g/mol. The lowest BCUT2D eigenvalue weighted by molar-refractivity contribution is -0.161. The first-order valence-corrected chi connectivity index (χ1v) is 42.8. The first-order chi connectivity index (χ1) is 48.7. The van der Waals surface area contributed by atoms with Crippen LogP contribution in [0.25, 0.3) is 0 Å². The molecule has 100 heavy (non-hydrogen) atoms. The second-order valence-electron chi connectivity index (χ2n) is 26.7. The molecule has 5 atom stereocenters. The van der Waals surface area contributed by atoms with Crippen LogP contribution in [0.3, 0.4) is 0 Å². The normalized spacial score (nSPS) is 14.3. The quantitative estimate of drug-likeness (QED) is 0.0169. The summed E-state index contributed by atoms with van der Waals surface area (Å²) in [5.74, 6) is -2.24. The van der Waals surface area contributed by atoms with Gasteiger partial charge in [0.15, 0.2) is 12.2 Å². The molecule has 19 heteroatoms. The van der Waals surface area contributed by atoms with Crippen molar-refractivity contribution in [3.05, 3.63) is 85.1 Å². The number of esters is 4. The molecule has 0 saturated carbocycles. The van der Waals surface area contributed by atoms with E-state index in [4.69, 9.17) is 37.0 Å². The summed E-state index contributed by atoms with van der Waals surface area (Å²) in [7, 11) is -9.96. The van der Waals surface area contributed by atoms with Crippen LogP contribution in [0.15, 0.2) is 85.1 Å². The molecule has 0 amide bonds. The maximum atomic E-state index is 13.1. The van der Waals surface area contributed by atoms with E-state index < -0.39 is 97.5 Å². The van der Waals surface area contributed by atoms with Gasteiger partial charge in [-0.2, -0.15) is 0 Å². The summed E-state index contributed by atoms with van der Waals surface area (Å²) in [6.07, 6.45) is 75.6. The zero-order chi connectivity index (χ0) is 73.2. The molecule has 0 aromatic rings. The van der Waals surface area contributed by atoms with E-state index >= 15 is 0 Å². The van der Waals surface area contributed by atoms with Crippen molar-refractivity contribution in [3.63, 3.8) is 0 Å². The Hall–Kier alpha value is -3.76. The smallest absolute Gasteiger partial charge is 0.462 e. The van der Waals surface area contributed by atoms with Crippen LogP contribution in [-0.2, 0) is 65.4 Å². The van der Waals surface area contributed by atoms with Gasteiger partial charge >= 0.3 is 39.5 Å². The lowest BCUT2D eigenvalue weighted by atomic mass is 10.0. The van der Waals surface area contributed by atoms with Crippen molar-refractivity contribution in [1.29, 1.82) is 0 Å². The van der Waals surface area contributed by atoms with Crippen LogP contribution in [-0.4, -0.2) is 96.7 Å². The van der Waals surface area contributed by atoms with Crippen LogP contribution in [0.2, 0.25) is 0 Å². The first kappa shape index (κ1) is 96.2. The van der Waals surface area contributed by atoms with Crippen molar-refractivity contribution in [2.24, 2.45) is 0 Å². The predicted octanol–water partition coefficient (Wildman–Crippen LogP) is 23.0. The number of phosphoric acid groups is 2. The van der Waals surface area contributed by atoms with Crippen LogP contribution < -0.4 is 0 Å². The third-order valence-electron chi connectivity index (χ3n) is 16.8. The molecule has 0 bridgehead atoms. The van der Waals surface area contributed by atoms with E-state index in [0.29, 0.717) is 32.1 Å². The van der Waals surface area contributed by atoms with Gasteiger partial charge in [0.05, 0.1) is 26.4 Å². The fraction of sp³-hybridized carbons (Fsp3) is 0.778. The number of hydrogen-bond donors (Lipinski definition) is 3. The number of ether oxygens (including phenoxy) is 4. The fourth-order valence-corrected chi connectivity index (χ4v) is 12.3. The average Bonchev–Trinajstić information content (AvgIpc) is 0.945. The Morgan fingerprint density at radius 3 is 0.820 bits per heavy atom. The molecule has 3 N–H and O–H groups in total. The molecular weight excluding hydrogens is 1310 g/mol.